The Labute approximate surface area is 187 Å². The normalized spacial score (nSPS) is 22.6. The number of hydrogen-bond acceptors (Lipinski definition) is 3. The van der Waals surface area contributed by atoms with E-state index in [0.29, 0.717) is 13.1 Å². The van der Waals surface area contributed by atoms with Gasteiger partial charge in [-0.15, -0.1) is 0 Å². The Hall–Kier alpha value is -3.41. The van der Waals surface area contributed by atoms with Crippen LogP contribution in [0.3, 0.4) is 0 Å². The summed E-state index contributed by atoms with van der Waals surface area (Å²) < 4.78 is 0. The zero-order valence-electron chi connectivity index (χ0n) is 18.3. The monoisotopic (exact) mass is 429 g/mol. The molecule has 0 aromatic heterocycles. The molecule has 0 unspecified atom stereocenters. The molecule has 1 aliphatic carbocycles. The van der Waals surface area contributed by atoms with Gasteiger partial charge >= 0.3 is 6.03 Å². The van der Waals surface area contributed by atoms with Crippen LogP contribution in [-0.2, 0) is 28.0 Å². The number of fused-ring (bicyclic) bond motifs is 1. The van der Waals surface area contributed by atoms with Crippen molar-refractivity contribution in [2.75, 3.05) is 19.6 Å². The quantitative estimate of drug-likeness (QED) is 0.759. The van der Waals surface area contributed by atoms with Crippen molar-refractivity contribution in [1.82, 2.24) is 15.1 Å². The molecule has 1 N–H and O–H groups in total. The fourth-order valence-electron chi connectivity index (χ4n) is 4.96. The Kier molecular flexibility index (Phi) is 5.08. The molecule has 5 rings (SSSR count). The Morgan fingerprint density at radius 2 is 1.81 bits per heavy atom. The van der Waals surface area contributed by atoms with Gasteiger partial charge < -0.3 is 10.2 Å². The lowest BCUT2D eigenvalue weighted by molar-refractivity contribution is -0.138. The smallest absolute Gasteiger partial charge is 0.325 e. The molecule has 2 aliphatic heterocycles. The number of aryl methyl sites for hydroxylation is 2. The van der Waals surface area contributed by atoms with E-state index in [-0.39, 0.29) is 18.4 Å². The number of benzene rings is 2. The summed E-state index contributed by atoms with van der Waals surface area (Å²) in [6.45, 7) is 2.55. The van der Waals surface area contributed by atoms with E-state index in [0.717, 1.165) is 36.1 Å². The fraction of sp³-hybridized carbons (Fsp3) is 0.346. The van der Waals surface area contributed by atoms with Gasteiger partial charge in [-0.25, -0.2) is 4.79 Å². The van der Waals surface area contributed by atoms with Crippen molar-refractivity contribution in [3.05, 3.63) is 76.9 Å². The summed E-state index contributed by atoms with van der Waals surface area (Å²) in [5, 5.41) is 2.83. The second-order valence-corrected chi connectivity index (χ2v) is 8.97. The van der Waals surface area contributed by atoms with E-state index >= 15 is 0 Å². The highest BCUT2D eigenvalue weighted by atomic mass is 16.2. The minimum atomic E-state index is -1.14. The van der Waals surface area contributed by atoms with Crippen LogP contribution in [0.5, 0.6) is 0 Å². The first-order chi connectivity index (χ1) is 15.5. The largest absolute Gasteiger partial charge is 0.337 e. The van der Waals surface area contributed by atoms with Gasteiger partial charge in [-0.1, -0.05) is 54.6 Å². The molecular weight excluding hydrogens is 402 g/mol. The van der Waals surface area contributed by atoms with Crippen LogP contribution >= 0.6 is 0 Å². The molecule has 0 saturated carbocycles. The highest BCUT2D eigenvalue weighted by molar-refractivity contribution is 6.09. The molecule has 2 aromatic rings. The number of carbonyl (C=O) groups is 3. The third-order valence-corrected chi connectivity index (χ3v) is 6.95. The van der Waals surface area contributed by atoms with Gasteiger partial charge in [0.25, 0.3) is 5.91 Å². The van der Waals surface area contributed by atoms with Gasteiger partial charge in [0, 0.05) is 13.1 Å². The molecular formula is C26H27N3O3. The molecule has 32 heavy (non-hydrogen) atoms. The van der Waals surface area contributed by atoms with Crippen LogP contribution in [0, 0.1) is 0 Å². The van der Waals surface area contributed by atoms with Crippen molar-refractivity contribution in [2.24, 2.45) is 0 Å². The lowest BCUT2D eigenvalue weighted by atomic mass is 9.89. The van der Waals surface area contributed by atoms with E-state index in [1.807, 2.05) is 30.3 Å². The number of nitrogens with zero attached hydrogens (tertiary/aromatic N) is 2. The van der Waals surface area contributed by atoms with Crippen LogP contribution < -0.4 is 5.32 Å². The van der Waals surface area contributed by atoms with Gasteiger partial charge in [-0.3, -0.25) is 14.5 Å². The molecule has 6 nitrogen and oxygen atoms in total. The fourth-order valence-corrected chi connectivity index (χ4v) is 4.96. The number of amides is 4. The van der Waals surface area contributed by atoms with Gasteiger partial charge in [0.1, 0.15) is 12.1 Å². The molecule has 0 bridgehead atoms. The van der Waals surface area contributed by atoms with Crippen LogP contribution in [0.1, 0.15) is 42.0 Å². The Balaban J connectivity index is 1.28. The predicted octanol–water partition coefficient (Wildman–Crippen LogP) is 3.26. The van der Waals surface area contributed by atoms with Gasteiger partial charge in [-0.2, -0.15) is 0 Å². The minimum absolute atomic E-state index is 0.213. The molecule has 2 heterocycles. The lowest BCUT2D eigenvalue weighted by Gasteiger charge is -2.28. The second kappa shape index (κ2) is 7.93. The van der Waals surface area contributed by atoms with E-state index in [4.69, 9.17) is 0 Å². The summed E-state index contributed by atoms with van der Waals surface area (Å²) in [4.78, 5) is 41.6. The Morgan fingerprint density at radius 1 is 1.03 bits per heavy atom. The van der Waals surface area contributed by atoms with Crippen molar-refractivity contribution in [2.45, 2.75) is 38.1 Å². The van der Waals surface area contributed by atoms with Crippen LogP contribution in [0.25, 0.3) is 5.57 Å². The van der Waals surface area contributed by atoms with Crippen LogP contribution in [-0.4, -0.2) is 47.3 Å². The third kappa shape index (κ3) is 3.49. The van der Waals surface area contributed by atoms with Crippen molar-refractivity contribution in [3.63, 3.8) is 0 Å². The topological polar surface area (TPSA) is 69.7 Å². The number of urea groups is 1. The van der Waals surface area contributed by atoms with E-state index in [2.05, 4.69) is 29.6 Å². The number of carbonyl (C=O) groups excluding carboxylic acids is 3. The van der Waals surface area contributed by atoms with Crippen molar-refractivity contribution in [1.29, 1.82) is 0 Å². The maximum absolute atomic E-state index is 13.3. The zero-order chi connectivity index (χ0) is 22.3. The van der Waals surface area contributed by atoms with Gasteiger partial charge in [0.15, 0.2) is 0 Å². The highest BCUT2D eigenvalue weighted by Crippen LogP contribution is 2.32. The summed E-state index contributed by atoms with van der Waals surface area (Å²) >= 11 is 0. The SMILES string of the molecule is C[C@]1(c2ccc3c(c2)CCC3)NC(=O)N(CC(=O)N2CC=C(c3ccccc3)CC2)C1=O. The Morgan fingerprint density at radius 3 is 2.56 bits per heavy atom. The van der Waals surface area contributed by atoms with E-state index in [9.17, 15) is 14.4 Å². The van der Waals surface area contributed by atoms with Crippen LogP contribution in [0.4, 0.5) is 4.79 Å². The van der Waals surface area contributed by atoms with Crippen molar-refractivity contribution >= 4 is 23.4 Å². The summed E-state index contributed by atoms with van der Waals surface area (Å²) in [6.07, 6.45) is 5.98. The highest BCUT2D eigenvalue weighted by Gasteiger charge is 2.50. The van der Waals surface area contributed by atoms with Gasteiger partial charge in [0.05, 0.1) is 0 Å². The summed E-state index contributed by atoms with van der Waals surface area (Å²) in [5.74, 6) is -0.582. The molecule has 3 aliphatic rings. The third-order valence-electron chi connectivity index (χ3n) is 6.95. The molecule has 4 amide bonds. The lowest BCUT2D eigenvalue weighted by Crippen LogP contribution is -2.45. The summed E-state index contributed by atoms with van der Waals surface area (Å²) in [7, 11) is 0. The van der Waals surface area contributed by atoms with E-state index in [1.54, 1.807) is 11.8 Å². The second-order valence-electron chi connectivity index (χ2n) is 8.97. The molecule has 6 heteroatoms. The Bertz CT molecular complexity index is 1120. The maximum atomic E-state index is 13.3. The molecule has 0 spiro atoms. The molecule has 2 aromatic carbocycles. The van der Waals surface area contributed by atoms with Gasteiger partial charge in [0.2, 0.25) is 5.91 Å². The molecule has 1 atom stereocenters. The number of hydrogen-bond donors (Lipinski definition) is 1. The molecule has 1 saturated heterocycles. The predicted molar refractivity (Wildman–Crippen MR) is 122 cm³/mol. The zero-order valence-corrected chi connectivity index (χ0v) is 18.3. The van der Waals surface area contributed by atoms with E-state index < -0.39 is 11.6 Å². The first-order valence-electron chi connectivity index (χ1n) is 11.2. The number of imide groups is 1. The van der Waals surface area contributed by atoms with Crippen LogP contribution in [0.2, 0.25) is 0 Å². The summed E-state index contributed by atoms with van der Waals surface area (Å²) in [5.41, 5.74) is 4.58. The molecule has 1 fully saturated rings. The molecule has 0 radical (unpaired) electrons. The van der Waals surface area contributed by atoms with Crippen molar-refractivity contribution in [3.8, 4) is 0 Å². The maximum Gasteiger partial charge on any atom is 0.325 e. The van der Waals surface area contributed by atoms with E-state index in [1.165, 1.54) is 22.3 Å². The van der Waals surface area contributed by atoms with Crippen LogP contribution in [0.15, 0.2) is 54.6 Å². The minimum Gasteiger partial charge on any atom is -0.337 e. The number of nitrogens with one attached hydrogen (secondary N) is 1. The first kappa shape index (κ1) is 20.5. The standard InChI is InChI=1S/C26H27N3O3/c1-26(22-11-10-19-8-5-9-21(19)16-22)24(31)29(25(32)27-26)17-23(30)28-14-12-20(13-15-28)18-6-3-2-4-7-18/h2-4,6-7,10-12,16H,5,8-9,13-15,17H2,1H3,(H,27,32)/t26-/m1/s1. The molecule has 164 valence electrons. The average molecular weight is 430 g/mol. The average Bonchev–Trinajstić information content (AvgIpc) is 3.38. The van der Waals surface area contributed by atoms with Crippen molar-refractivity contribution < 1.29 is 14.4 Å². The first-order valence-corrected chi connectivity index (χ1v) is 11.2. The number of rotatable bonds is 4. The van der Waals surface area contributed by atoms with Gasteiger partial charge in [-0.05, 0) is 60.4 Å². The summed E-state index contributed by atoms with van der Waals surface area (Å²) in [6, 6.07) is 15.6.